The van der Waals surface area contributed by atoms with Gasteiger partial charge in [0.05, 0.1) is 22.4 Å². The summed E-state index contributed by atoms with van der Waals surface area (Å²) in [6, 6.07) is 46.8. The Hall–Kier alpha value is -5.98. The number of nitrogens with zero attached hydrogens (tertiary/aromatic N) is 4. The molecular weight excluding hydrogens is 621 g/mol. The van der Waals surface area contributed by atoms with Gasteiger partial charge in [-0.2, -0.15) is 0 Å². The number of benzene rings is 5. The highest BCUT2D eigenvalue weighted by molar-refractivity contribution is 7.26. The van der Waals surface area contributed by atoms with Crippen molar-refractivity contribution in [1.82, 2.24) is 14.5 Å². The topological polar surface area (TPSA) is 43.2 Å². The molecule has 6 heteroatoms. The van der Waals surface area contributed by atoms with Crippen LogP contribution in [0.3, 0.4) is 0 Å². The molecule has 0 fully saturated rings. The van der Waals surface area contributed by atoms with E-state index in [4.69, 9.17) is 14.7 Å². The highest BCUT2D eigenvalue weighted by atomic mass is 32.1. The van der Waals surface area contributed by atoms with E-state index in [0.29, 0.717) is 0 Å². The maximum atomic E-state index is 6.74. The lowest BCUT2D eigenvalue weighted by atomic mass is 9.73. The number of ether oxygens (including phenoxy) is 1. The molecule has 49 heavy (non-hydrogen) atoms. The average Bonchev–Trinajstić information content (AvgIpc) is 3.68. The number of thiophene rings is 1. The third kappa shape index (κ3) is 4.17. The molecule has 5 heterocycles. The van der Waals surface area contributed by atoms with Crippen LogP contribution in [0.5, 0.6) is 11.5 Å². The molecule has 1 aliphatic heterocycles. The maximum absolute atomic E-state index is 6.74. The molecule has 0 radical (unpaired) electrons. The Morgan fingerprint density at radius 1 is 0.571 bits per heavy atom. The molecule has 0 unspecified atom stereocenters. The number of hydrogen-bond donors (Lipinski definition) is 0. The Kier molecular flexibility index (Phi) is 6.02. The summed E-state index contributed by atoms with van der Waals surface area (Å²) in [7, 11) is 0. The standard InChI is InChI=1S/C43H30N4OS/c1-43(2)32-12-4-5-13-34(32)46(39-15-7-9-23-44-39)36-26-28(18-21-33(36)43)48-27-17-19-29-30-20-22-38-41(31-11-3-6-14-37(31)49-38)42(30)47(35(29)25-27)40-16-8-10-24-45-40/h3-26H,1-2H3. The molecule has 4 aromatic heterocycles. The lowest BCUT2D eigenvalue weighted by Crippen LogP contribution is -2.30. The highest BCUT2D eigenvalue weighted by Crippen LogP contribution is 2.52. The van der Waals surface area contributed by atoms with E-state index in [0.717, 1.165) is 45.4 Å². The fourth-order valence-electron chi connectivity index (χ4n) is 7.71. The van der Waals surface area contributed by atoms with Crippen LogP contribution < -0.4 is 9.64 Å². The van der Waals surface area contributed by atoms with Crippen LogP contribution in [0.25, 0.3) is 47.8 Å². The summed E-state index contributed by atoms with van der Waals surface area (Å²) in [5.41, 5.74) is 6.71. The SMILES string of the molecule is CC1(C)c2ccccc2N(c2ccccn2)c2cc(Oc3ccc4c5ccc6sc7ccccc7c6c5n(-c5ccccn5)c4c3)ccc21. The quantitative estimate of drug-likeness (QED) is 0.190. The normalized spacial score (nSPS) is 13.6. The molecule has 0 amide bonds. The number of fused-ring (bicyclic) bond motifs is 9. The largest absolute Gasteiger partial charge is 0.457 e. The van der Waals surface area contributed by atoms with Gasteiger partial charge in [-0.15, -0.1) is 11.3 Å². The summed E-state index contributed by atoms with van der Waals surface area (Å²) in [4.78, 5) is 11.9. The Morgan fingerprint density at radius 2 is 1.27 bits per heavy atom. The summed E-state index contributed by atoms with van der Waals surface area (Å²) in [6.07, 6.45) is 3.71. The molecule has 0 N–H and O–H groups in total. The summed E-state index contributed by atoms with van der Waals surface area (Å²) in [5.74, 6) is 3.28. The van der Waals surface area contributed by atoms with Crippen molar-refractivity contribution in [3.05, 3.63) is 157 Å². The van der Waals surface area contributed by atoms with Gasteiger partial charge in [0.25, 0.3) is 0 Å². The molecule has 5 nitrogen and oxygen atoms in total. The van der Waals surface area contributed by atoms with Crippen molar-refractivity contribution in [3.63, 3.8) is 0 Å². The van der Waals surface area contributed by atoms with Crippen LogP contribution in [0.1, 0.15) is 25.0 Å². The molecule has 0 spiro atoms. The Labute approximate surface area is 287 Å². The minimum absolute atomic E-state index is 0.199. The van der Waals surface area contributed by atoms with E-state index in [-0.39, 0.29) is 5.41 Å². The predicted molar refractivity (Wildman–Crippen MR) is 203 cm³/mol. The Balaban J connectivity index is 1.16. The van der Waals surface area contributed by atoms with Crippen molar-refractivity contribution in [3.8, 4) is 17.3 Å². The van der Waals surface area contributed by atoms with E-state index in [9.17, 15) is 0 Å². The van der Waals surface area contributed by atoms with Crippen LogP contribution in [-0.4, -0.2) is 14.5 Å². The fourth-order valence-corrected chi connectivity index (χ4v) is 8.82. The average molecular weight is 651 g/mol. The summed E-state index contributed by atoms with van der Waals surface area (Å²) in [6.45, 7) is 4.58. The van der Waals surface area contributed by atoms with Gasteiger partial charge >= 0.3 is 0 Å². The lowest BCUT2D eigenvalue weighted by molar-refractivity contribution is 0.482. The van der Waals surface area contributed by atoms with Gasteiger partial charge in [-0.05, 0) is 71.8 Å². The van der Waals surface area contributed by atoms with Crippen LogP contribution >= 0.6 is 11.3 Å². The minimum atomic E-state index is -0.199. The zero-order chi connectivity index (χ0) is 32.7. The zero-order valence-electron chi connectivity index (χ0n) is 27.0. The van der Waals surface area contributed by atoms with E-state index < -0.39 is 0 Å². The van der Waals surface area contributed by atoms with Crippen LogP contribution in [0.2, 0.25) is 0 Å². The van der Waals surface area contributed by atoms with E-state index in [1.807, 2.05) is 48.0 Å². The Morgan fingerprint density at radius 3 is 2.10 bits per heavy atom. The van der Waals surface area contributed by atoms with Gasteiger partial charge in [-0.3, -0.25) is 9.47 Å². The summed E-state index contributed by atoms with van der Waals surface area (Å²) >= 11 is 1.83. The van der Waals surface area contributed by atoms with E-state index in [1.54, 1.807) is 0 Å². The molecule has 0 saturated heterocycles. The van der Waals surface area contributed by atoms with Crippen molar-refractivity contribution in [2.75, 3.05) is 4.90 Å². The van der Waals surface area contributed by atoms with Crippen molar-refractivity contribution < 1.29 is 4.74 Å². The van der Waals surface area contributed by atoms with Crippen LogP contribution in [0.15, 0.2) is 146 Å². The molecule has 5 aromatic carbocycles. The monoisotopic (exact) mass is 650 g/mol. The van der Waals surface area contributed by atoms with Crippen molar-refractivity contribution in [2.45, 2.75) is 19.3 Å². The fraction of sp³-hybridized carbons (Fsp3) is 0.0698. The first kappa shape index (κ1) is 28.1. The predicted octanol–water partition coefficient (Wildman–Crippen LogP) is 11.8. The van der Waals surface area contributed by atoms with Crippen LogP contribution in [-0.2, 0) is 5.41 Å². The second-order valence-electron chi connectivity index (χ2n) is 13.1. The highest BCUT2D eigenvalue weighted by Gasteiger charge is 2.37. The first-order valence-corrected chi connectivity index (χ1v) is 17.3. The van der Waals surface area contributed by atoms with Crippen LogP contribution in [0.4, 0.5) is 17.2 Å². The molecule has 1 aliphatic rings. The van der Waals surface area contributed by atoms with Gasteiger partial charge in [0.2, 0.25) is 0 Å². The molecule has 0 aliphatic carbocycles. The summed E-state index contributed by atoms with van der Waals surface area (Å²) in [5, 5.41) is 4.88. The van der Waals surface area contributed by atoms with Crippen molar-refractivity contribution in [1.29, 1.82) is 0 Å². The maximum Gasteiger partial charge on any atom is 0.137 e. The molecule has 9 aromatic rings. The van der Waals surface area contributed by atoms with Gasteiger partial charge < -0.3 is 4.74 Å². The minimum Gasteiger partial charge on any atom is -0.457 e. The van der Waals surface area contributed by atoms with Gasteiger partial charge in [0.1, 0.15) is 23.1 Å². The van der Waals surface area contributed by atoms with Gasteiger partial charge in [0, 0.05) is 60.9 Å². The van der Waals surface area contributed by atoms with E-state index in [1.165, 1.54) is 42.2 Å². The van der Waals surface area contributed by atoms with Gasteiger partial charge in [-0.25, -0.2) is 9.97 Å². The number of anilines is 3. The second kappa shape index (κ2) is 10.5. The zero-order valence-corrected chi connectivity index (χ0v) is 27.8. The first-order valence-electron chi connectivity index (χ1n) is 16.5. The van der Waals surface area contributed by atoms with Gasteiger partial charge in [-0.1, -0.05) is 74.5 Å². The molecular formula is C43H30N4OS. The third-order valence-corrected chi connectivity index (χ3v) is 11.1. The number of hydrogen-bond acceptors (Lipinski definition) is 5. The smallest absolute Gasteiger partial charge is 0.137 e. The Bertz CT molecular complexity index is 2730. The molecule has 0 atom stereocenters. The van der Waals surface area contributed by atoms with Crippen molar-refractivity contribution >= 4 is 70.5 Å². The summed E-state index contributed by atoms with van der Waals surface area (Å²) < 4.78 is 11.6. The van der Waals surface area contributed by atoms with Gasteiger partial charge in [0.15, 0.2) is 0 Å². The second-order valence-corrected chi connectivity index (χ2v) is 14.2. The number of aromatic nitrogens is 3. The number of para-hydroxylation sites is 1. The third-order valence-electron chi connectivity index (χ3n) is 9.93. The molecule has 234 valence electrons. The molecule has 0 saturated carbocycles. The molecule has 10 rings (SSSR count). The van der Waals surface area contributed by atoms with E-state index >= 15 is 0 Å². The first-order chi connectivity index (χ1) is 24.1. The van der Waals surface area contributed by atoms with Crippen LogP contribution in [0, 0.1) is 0 Å². The van der Waals surface area contributed by atoms with Crippen molar-refractivity contribution in [2.24, 2.45) is 0 Å². The number of pyridine rings is 2. The van der Waals surface area contributed by atoms with E-state index in [2.05, 4.69) is 133 Å². The number of rotatable bonds is 4. The lowest BCUT2D eigenvalue weighted by Gasteiger charge is -2.41. The molecule has 0 bridgehead atoms.